The molecule has 1 rings (SSSR count). The third-order valence-electron chi connectivity index (χ3n) is 2.35. The first-order valence-electron chi connectivity index (χ1n) is 5.71. The fraction of sp³-hybridized carbons (Fsp3) is 0.385. The normalized spacial score (nSPS) is 10.1. The molecule has 0 heterocycles. The Hall–Kier alpha value is -1.88. The zero-order chi connectivity index (χ0) is 13.4. The van der Waals surface area contributed by atoms with Crippen LogP contribution in [0.25, 0.3) is 0 Å². The fourth-order valence-corrected chi connectivity index (χ4v) is 1.48. The van der Waals surface area contributed by atoms with Crippen molar-refractivity contribution in [1.29, 1.82) is 0 Å². The van der Waals surface area contributed by atoms with E-state index in [1.807, 2.05) is 0 Å². The smallest absolute Gasteiger partial charge is 0.307 e. The Bertz CT molecular complexity index is 400. The van der Waals surface area contributed by atoms with Crippen molar-refractivity contribution in [3.63, 3.8) is 0 Å². The standard InChI is InChI=1S/C13H17NO4/c1-18-8-2-3-12(15)14-11-6-4-10(5-7-11)9-13(16)17/h4-7H,2-3,8-9H2,1H3,(H,14,15)(H,16,17). The Morgan fingerprint density at radius 2 is 1.94 bits per heavy atom. The highest BCUT2D eigenvalue weighted by molar-refractivity contribution is 5.90. The molecule has 5 nitrogen and oxygen atoms in total. The Morgan fingerprint density at radius 1 is 1.28 bits per heavy atom. The van der Waals surface area contributed by atoms with Gasteiger partial charge in [0, 0.05) is 25.8 Å². The quantitative estimate of drug-likeness (QED) is 0.723. The van der Waals surface area contributed by atoms with Gasteiger partial charge in [-0.1, -0.05) is 12.1 Å². The molecule has 1 amide bonds. The number of carbonyl (C=O) groups is 2. The summed E-state index contributed by atoms with van der Waals surface area (Å²) in [7, 11) is 1.60. The number of aliphatic carboxylic acids is 1. The maximum Gasteiger partial charge on any atom is 0.307 e. The van der Waals surface area contributed by atoms with Crippen LogP contribution in [0.5, 0.6) is 0 Å². The average Bonchev–Trinajstić information content (AvgIpc) is 2.31. The van der Waals surface area contributed by atoms with Gasteiger partial charge in [-0.15, -0.1) is 0 Å². The van der Waals surface area contributed by atoms with Crippen molar-refractivity contribution >= 4 is 17.6 Å². The Balaban J connectivity index is 2.43. The summed E-state index contributed by atoms with van der Waals surface area (Å²) in [5.41, 5.74) is 1.38. The average molecular weight is 251 g/mol. The monoisotopic (exact) mass is 251 g/mol. The lowest BCUT2D eigenvalue weighted by Crippen LogP contribution is -2.12. The van der Waals surface area contributed by atoms with Gasteiger partial charge in [-0.25, -0.2) is 0 Å². The maximum atomic E-state index is 11.5. The van der Waals surface area contributed by atoms with Crippen LogP contribution in [0.15, 0.2) is 24.3 Å². The van der Waals surface area contributed by atoms with Crippen LogP contribution in [0.1, 0.15) is 18.4 Å². The minimum Gasteiger partial charge on any atom is -0.481 e. The van der Waals surface area contributed by atoms with Crippen molar-refractivity contribution < 1.29 is 19.4 Å². The molecular formula is C13H17NO4. The summed E-state index contributed by atoms with van der Waals surface area (Å²) in [6.07, 6.45) is 1.08. The Labute approximate surface area is 106 Å². The molecule has 2 N–H and O–H groups in total. The van der Waals surface area contributed by atoms with Crippen molar-refractivity contribution in [2.24, 2.45) is 0 Å². The molecule has 0 aliphatic rings. The summed E-state index contributed by atoms with van der Waals surface area (Å²) in [5, 5.41) is 11.4. The Kier molecular flexibility index (Phi) is 5.87. The molecule has 0 atom stereocenters. The van der Waals surface area contributed by atoms with Gasteiger partial charge in [-0.3, -0.25) is 9.59 Å². The van der Waals surface area contributed by atoms with Crippen molar-refractivity contribution in [1.82, 2.24) is 0 Å². The van der Waals surface area contributed by atoms with Gasteiger partial charge in [0.1, 0.15) is 0 Å². The zero-order valence-corrected chi connectivity index (χ0v) is 10.3. The third kappa shape index (κ3) is 5.45. The van der Waals surface area contributed by atoms with E-state index in [1.165, 1.54) is 0 Å². The summed E-state index contributed by atoms with van der Waals surface area (Å²) in [4.78, 5) is 22.0. The molecule has 0 saturated carbocycles. The lowest BCUT2D eigenvalue weighted by Gasteiger charge is -2.05. The molecule has 0 bridgehead atoms. The summed E-state index contributed by atoms with van der Waals surface area (Å²) >= 11 is 0. The molecule has 18 heavy (non-hydrogen) atoms. The van der Waals surface area contributed by atoms with Crippen molar-refractivity contribution in [2.75, 3.05) is 19.0 Å². The largest absolute Gasteiger partial charge is 0.481 e. The number of benzene rings is 1. The second-order valence-corrected chi connectivity index (χ2v) is 3.91. The van der Waals surface area contributed by atoms with Gasteiger partial charge >= 0.3 is 5.97 Å². The third-order valence-corrected chi connectivity index (χ3v) is 2.35. The molecule has 0 unspecified atom stereocenters. The van der Waals surface area contributed by atoms with Crippen LogP contribution in [0, 0.1) is 0 Å². The first-order valence-corrected chi connectivity index (χ1v) is 5.71. The van der Waals surface area contributed by atoms with Crippen LogP contribution >= 0.6 is 0 Å². The summed E-state index contributed by atoms with van der Waals surface area (Å²) < 4.78 is 4.86. The number of methoxy groups -OCH3 is 1. The number of nitrogens with one attached hydrogen (secondary N) is 1. The number of carbonyl (C=O) groups excluding carboxylic acids is 1. The lowest BCUT2D eigenvalue weighted by molar-refractivity contribution is -0.136. The van der Waals surface area contributed by atoms with Crippen molar-refractivity contribution in [3.05, 3.63) is 29.8 Å². The summed E-state index contributed by atoms with van der Waals surface area (Å²) in [5.74, 6) is -0.940. The Morgan fingerprint density at radius 3 is 2.50 bits per heavy atom. The van der Waals surface area contributed by atoms with Gasteiger partial charge in [0.05, 0.1) is 6.42 Å². The minimum atomic E-state index is -0.869. The van der Waals surface area contributed by atoms with Gasteiger partial charge in [-0.05, 0) is 24.1 Å². The summed E-state index contributed by atoms with van der Waals surface area (Å²) in [6.45, 7) is 0.560. The van der Waals surface area contributed by atoms with E-state index in [0.717, 1.165) is 0 Å². The summed E-state index contributed by atoms with van der Waals surface area (Å²) in [6, 6.07) is 6.79. The van der Waals surface area contributed by atoms with Crippen LogP contribution < -0.4 is 5.32 Å². The molecule has 0 aromatic heterocycles. The second-order valence-electron chi connectivity index (χ2n) is 3.91. The number of carboxylic acid groups (broad SMARTS) is 1. The number of ether oxygens (including phenoxy) is 1. The molecule has 5 heteroatoms. The first-order chi connectivity index (χ1) is 8.61. The number of carboxylic acids is 1. The van der Waals surface area contributed by atoms with Gasteiger partial charge in [0.15, 0.2) is 0 Å². The lowest BCUT2D eigenvalue weighted by atomic mass is 10.1. The molecule has 0 fully saturated rings. The van der Waals surface area contributed by atoms with Crippen LogP contribution in [-0.2, 0) is 20.7 Å². The molecular weight excluding hydrogens is 234 g/mol. The van der Waals surface area contributed by atoms with E-state index in [1.54, 1.807) is 31.4 Å². The van der Waals surface area contributed by atoms with E-state index in [-0.39, 0.29) is 12.3 Å². The van der Waals surface area contributed by atoms with E-state index >= 15 is 0 Å². The van der Waals surface area contributed by atoms with Crippen LogP contribution in [0.3, 0.4) is 0 Å². The van der Waals surface area contributed by atoms with E-state index in [4.69, 9.17) is 9.84 Å². The van der Waals surface area contributed by atoms with Crippen molar-refractivity contribution in [3.8, 4) is 0 Å². The molecule has 0 radical (unpaired) electrons. The topological polar surface area (TPSA) is 75.6 Å². The predicted octanol–water partition coefficient (Wildman–Crippen LogP) is 1.68. The highest BCUT2D eigenvalue weighted by atomic mass is 16.5. The van der Waals surface area contributed by atoms with Gasteiger partial charge in [0.25, 0.3) is 0 Å². The molecule has 0 aliphatic carbocycles. The highest BCUT2D eigenvalue weighted by Gasteiger charge is 2.03. The number of anilines is 1. The van der Waals surface area contributed by atoms with Crippen LogP contribution in [0.4, 0.5) is 5.69 Å². The molecule has 98 valence electrons. The SMILES string of the molecule is COCCCC(=O)Nc1ccc(CC(=O)O)cc1. The first kappa shape index (κ1) is 14.2. The number of amides is 1. The second kappa shape index (κ2) is 7.45. The maximum absolute atomic E-state index is 11.5. The molecule has 1 aromatic rings. The fourth-order valence-electron chi connectivity index (χ4n) is 1.48. The molecule has 1 aromatic carbocycles. The van der Waals surface area contributed by atoms with Crippen LogP contribution in [0.2, 0.25) is 0 Å². The number of rotatable bonds is 7. The zero-order valence-electron chi connectivity index (χ0n) is 10.3. The molecule has 0 saturated heterocycles. The highest BCUT2D eigenvalue weighted by Crippen LogP contribution is 2.10. The minimum absolute atomic E-state index is 0.0118. The van der Waals surface area contributed by atoms with Gasteiger partial charge in [-0.2, -0.15) is 0 Å². The van der Waals surface area contributed by atoms with E-state index < -0.39 is 5.97 Å². The van der Waals surface area contributed by atoms with Crippen LogP contribution in [-0.4, -0.2) is 30.7 Å². The van der Waals surface area contributed by atoms with E-state index in [0.29, 0.717) is 30.7 Å². The van der Waals surface area contributed by atoms with E-state index in [2.05, 4.69) is 5.32 Å². The molecule has 0 spiro atoms. The molecule has 0 aliphatic heterocycles. The predicted molar refractivity (Wildman–Crippen MR) is 67.5 cm³/mol. The van der Waals surface area contributed by atoms with Crippen molar-refractivity contribution in [2.45, 2.75) is 19.3 Å². The van der Waals surface area contributed by atoms with E-state index in [9.17, 15) is 9.59 Å². The number of hydrogen-bond donors (Lipinski definition) is 2. The van der Waals surface area contributed by atoms with Gasteiger partial charge < -0.3 is 15.2 Å². The van der Waals surface area contributed by atoms with Gasteiger partial charge in [0.2, 0.25) is 5.91 Å². The number of hydrogen-bond acceptors (Lipinski definition) is 3.